The lowest BCUT2D eigenvalue weighted by atomic mass is 10.1. The first kappa shape index (κ1) is 17.7. The van der Waals surface area contributed by atoms with E-state index >= 15 is 0 Å². The van der Waals surface area contributed by atoms with Gasteiger partial charge in [-0.15, -0.1) is 0 Å². The fourth-order valence-electron chi connectivity index (χ4n) is 2.57. The molecule has 0 unspecified atom stereocenters. The molecule has 0 aromatic carbocycles. The van der Waals surface area contributed by atoms with Gasteiger partial charge in [-0.1, -0.05) is 39.5 Å². The number of aliphatic carboxylic acids is 1. The van der Waals surface area contributed by atoms with Crippen molar-refractivity contribution in [2.75, 3.05) is 0 Å². The SMILES string of the molecule is CCCCCCC[n+]1ccc(CCCC)cc1CC(=O)O. The highest BCUT2D eigenvalue weighted by atomic mass is 16.4. The second-order valence-electron chi connectivity index (χ2n) is 5.81. The predicted molar refractivity (Wildman–Crippen MR) is 85.3 cm³/mol. The number of rotatable bonds is 11. The van der Waals surface area contributed by atoms with E-state index in [1.54, 1.807) is 0 Å². The molecule has 0 aliphatic carbocycles. The summed E-state index contributed by atoms with van der Waals surface area (Å²) in [6.45, 7) is 5.33. The third-order valence-electron chi connectivity index (χ3n) is 3.84. The highest BCUT2D eigenvalue weighted by Crippen LogP contribution is 2.08. The smallest absolute Gasteiger partial charge is 0.314 e. The summed E-state index contributed by atoms with van der Waals surface area (Å²) in [5.41, 5.74) is 2.20. The van der Waals surface area contributed by atoms with Crippen LogP contribution >= 0.6 is 0 Å². The molecule has 0 amide bonds. The number of hydrogen-bond acceptors (Lipinski definition) is 1. The standard InChI is InChI=1S/C18H29NO2/c1-3-5-7-8-9-12-19-13-11-16(10-6-4-2)14-17(19)15-18(20)21/h11,13-14H,3-10,12,15H2,1-2H3/p+1. The van der Waals surface area contributed by atoms with Crippen LogP contribution in [0.25, 0.3) is 0 Å². The number of carbonyl (C=O) groups is 1. The van der Waals surface area contributed by atoms with Crippen molar-refractivity contribution >= 4 is 5.97 Å². The summed E-state index contributed by atoms with van der Waals surface area (Å²) < 4.78 is 2.12. The lowest BCUT2D eigenvalue weighted by Gasteiger charge is -2.06. The number of carboxylic acid groups (broad SMARTS) is 1. The van der Waals surface area contributed by atoms with E-state index in [4.69, 9.17) is 5.11 Å². The normalized spacial score (nSPS) is 10.8. The zero-order valence-corrected chi connectivity index (χ0v) is 13.6. The third-order valence-corrected chi connectivity index (χ3v) is 3.84. The molecular weight excluding hydrogens is 262 g/mol. The lowest BCUT2D eigenvalue weighted by Crippen LogP contribution is -2.39. The maximum absolute atomic E-state index is 11.0. The van der Waals surface area contributed by atoms with Gasteiger partial charge in [-0.2, -0.15) is 0 Å². The molecule has 3 nitrogen and oxygen atoms in total. The van der Waals surface area contributed by atoms with Crippen molar-refractivity contribution < 1.29 is 14.5 Å². The predicted octanol–water partition coefficient (Wildman–Crippen LogP) is 3.91. The van der Waals surface area contributed by atoms with Crippen molar-refractivity contribution in [2.45, 2.75) is 78.2 Å². The number of unbranched alkanes of at least 4 members (excludes halogenated alkanes) is 5. The molecule has 21 heavy (non-hydrogen) atoms. The Bertz CT molecular complexity index is 429. The molecule has 1 aromatic heterocycles. The van der Waals surface area contributed by atoms with E-state index in [-0.39, 0.29) is 6.42 Å². The molecular formula is C18H30NO2+. The molecule has 0 atom stereocenters. The molecule has 0 radical (unpaired) electrons. The molecule has 118 valence electrons. The van der Waals surface area contributed by atoms with Gasteiger partial charge in [-0.25, -0.2) is 4.57 Å². The topological polar surface area (TPSA) is 41.2 Å². The lowest BCUT2D eigenvalue weighted by molar-refractivity contribution is -0.704. The van der Waals surface area contributed by atoms with Crippen molar-refractivity contribution in [3.05, 3.63) is 29.6 Å². The van der Waals surface area contributed by atoms with Crippen LogP contribution in [0.5, 0.6) is 0 Å². The number of aryl methyl sites for hydroxylation is 2. The van der Waals surface area contributed by atoms with E-state index in [0.717, 1.165) is 31.5 Å². The Labute approximate surface area is 129 Å². The fourth-order valence-corrected chi connectivity index (χ4v) is 2.57. The Balaban J connectivity index is 2.64. The number of aromatic nitrogens is 1. The minimum absolute atomic E-state index is 0.120. The third kappa shape index (κ3) is 7.26. The van der Waals surface area contributed by atoms with Gasteiger partial charge in [0.25, 0.3) is 0 Å². The van der Waals surface area contributed by atoms with Crippen LogP contribution in [0.4, 0.5) is 0 Å². The van der Waals surface area contributed by atoms with Gasteiger partial charge in [-0.05, 0) is 24.8 Å². The average Bonchev–Trinajstić information content (AvgIpc) is 2.46. The number of pyridine rings is 1. The van der Waals surface area contributed by atoms with Crippen molar-refractivity contribution in [1.29, 1.82) is 0 Å². The fraction of sp³-hybridized carbons (Fsp3) is 0.667. The van der Waals surface area contributed by atoms with Crippen LogP contribution in [0, 0.1) is 0 Å². The molecule has 0 fully saturated rings. The maximum atomic E-state index is 11.0. The Kier molecular flexibility index (Phi) is 8.72. The monoisotopic (exact) mass is 292 g/mol. The van der Waals surface area contributed by atoms with E-state index in [1.807, 2.05) is 0 Å². The summed E-state index contributed by atoms with van der Waals surface area (Å²) >= 11 is 0. The van der Waals surface area contributed by atoms with Gasteiger partial charge >= 0.3 is 5.97 Å². The quantitative estimate of drug-likeness (QED) is 0.496. The van der Waals surface area contributed by atoms with Gasteiger partial charge in [0, 0.05) is 18.6 Å². The Morgan fingerprint density at radius 2 is 1.81 bits per heavy atom. The maximum Gasteiger partial charge on any atom is 0.314 e. The van der Waals surface area contributed by atoms with Crippen molar-refractivity contribution in [3.8, 4) is 0 Å². The highest BCUT2D eigenvalue weighted by Gasteiger charge is 2.15. The van der Waals surface area contributed by atoms with Gasteiger partial charge in [0.05, 0.1) is 0 Å². The summed E-state index contributed by atoms with van der Waals surface area (Å²) in [6.07, 6.45) is 11.7. The Hall–Kier alpha value is -1.38. The Morgan fingerprint density at radius 3 is 2.48 bits per heavy atom. The zero-order chi connectivity index (χ0) is 15.5. The largest absolute Gasteiger partial charge is 0.481 e. The van der Waals surface area contributed by atoms with E-state index in [1.165, 1.54) is 37.7 Å². The molecule has 0 aliphatic heterocycles. The van der Waals surface area contributed by atoms with Gasteiger partial charge in [0.1, 0.15) is 13.0 Å². The average molecular weight is 292 g/mol. The second-order valence-corrected chi connectivity index (χ2v) is 5.81. The minimum Gasteiger partial charge on any atom is -0.481 e. The van der Waals surface area contributed by atoms with Crippen molar-refractivity contribution in [1.82, 2.24) is 0 Å². The molecule has 1 N–H and O–H groups in total. The van der Waals surface area contributed by atoms with Crippen LogP contribution < -0.4 is 4.57 Å². The van der Waals surface area contributed by atoms with Crippen LogP contribution in [0.2, 0.25) is 0 Å². The molecule has 0 saturated carbocycles. The number of hydrogen-bond donors (Lipinski definition) is 1. The van der Waals surface area contributed by atoms with Gasteiger partial charge in [-0.3, -0.25) is 4.79 Å². The van der Waals surface area contributed by atoms with Gasteiger partial charge < -0.3 is 5.11 Å². The van der Waals surface area contributed by atoms with E-state index in [0.29, 0.717) is 0 Å². The van der Waals surface area contributed by atoms with Crippen molar-refractivity contribution in [2.24, 2.45) is 0 Å². The first-order valence-corrected chi connectivity index (χ1v) is 8.40. The van der Waals surface area contributed by atoms with Crippen molar-refractivity contribution in [3.63, 3.8) is 0 Å². The van der Waals surface area contributed by atoms with E-state index in [2.05, 4.69) is 36.7 Å². The summed E-state index contributed by atoms with van der Waals surface area (Å²) in [5.74, 6) is -0.748. The van der Waals surface area contributed by atoms with Crippen LogP contribution in [0.3, 0.4) is 0 Å². The molecule has 0 spiro atoms. The van der Waals surface area contributed by atoms with Gasteiger partial charge in [0.15, 0.2) is 11.9 Å². The molecule has 3 heteroatoms. The molecule has 0 aliphatic rings. The Morgan fingerprint density at radius 1 is 1.10 bits per heavy atom. The second kappa shape index (κ2) is 10.4. The van der Waals surface area contributed by atoms with Crippen LogP contribution in [0.15, 0.2) is 18.3 Å². The summed E-state index contributed by atoms with van der Waals surface area (Å²) in [7, 11) is 0. The molecule has 0 saturated heterocycles. The highest BCUT2D eigenvalue weighted by molar-refractivity contribution is 5.69. The molecule has 0 bridgehead atoms. The summed E-state index contributed by atoms with van der Waals surface area (Å²) in [6, 6.07) is 4.23. The minimum atomic E-state index is -0.748. The first-order valence-electron chi connectivity index (χ1n) is 8.40. The van der Waals surface area contributed by atoms with E-state index < -0.39 is 5.97 Å². The first-order chi connectivity index (χ1) is 10.2. The molecule has 1 rings (SSSR count). The molecule has 1 heterocycles. The summed E-state index contributed by atoms with van der Waals surface area (Å²) in [5, 5.41) is 9.09. The zero-order valence-electron chi connectivity index (χ0n) is 13.6. The number of nitrogens with zero attached hydrogens (tertiary/aromatic N) is 1. The summed E-state index contributed by atoms with van der Waals surface area (Å²) in [4.78, 5) is 11.0. The number of carboxylic acids is 1. The van der Waals surface area contributed by atoms with Crippen LogP contribution in [0.1, 0.15) is 70.1 Å². The van der Waals surface area contributed by atoms with Crippen LogP contribution in [-0.2, 0) is 24.2 Å². The van der Waals surface area contributed by atoms with Gasteiger partial charge in [0.2, 0.25) is 0 Å². The van der Waals surface area contributed by atoms with E-state index in [9.17, 15) is 4.79 Å². The van der Waals surface area contributed by atoms with Crippen LogP contribution in [-0.4, -0.2) is 11.1 Å². The molecule has 1 aromatic rings.